The normalized spacial score (nSPS) is 15.4. The van der Waals surface area contributed by atoms with E-state index in [1.54, 1.807) is 0 Å². The molecule has 13 heavy (non-hydrogen) atoms. The highest BCUT2D eigenvalue weighted by atomic mass is 16.4. The van der Waals surface area contributed by atoms with Crippen LogP contribution in [0.5, 0.6) is 0 Å². The number of carboxylic acids is 1. The number of carboxylic acid groups (broad SMARTS) is 1. The van der Waals surface area contributed by atoms with E-state index in [0.717, 1.165) is 30.9 Å². The lowest BCUT2D eigenvalue weighted by molar-refractivity contribution is -0.136. The van der Waals surface area contributed by atoms with Gasteiger partial charge in [-0.1, -0.05) is 0 Å². The largest absolute Gasteiger partial charge is 0.481 e. The van der Waals surface area contributed by atoms with E-state index in [1.807, 2.05) is 6.07 Å². The predicted molar refractivity (Wildman–Crippen MR) is 47.5 cm³/mol. The first-order valence-electron chi connectivity index (χ1n) is 4.38. The molecule has 0 aliphatic carbocycles. The fourth-order valence-electron chi connectivity index (χ4n) is 1.68. The average molecular weight is 180 g/mol. The maximum atomic E-state index is 10.4. The lowest BCUT2D eigenvalue weighted by Gasteiger charge is -2.11. The molecule has 1 aliphatic rings. The Kier molecular flexibility index (Phi) is 2.06. The maximum absolute atomic E-state index is 10.4. The summed E-state index contributed by atoms with van der Waals surface area (Å²) in [7, 11) is 0. The summed E-state index contributed by atoms with van der Waals surface area (Å²) in [6.45, 7) is 1.81. The Morgan fingerprint density at radius 1 is 1.62 bits per heavy atom. The van der Waals surface area contributed by atoms with Gasteiger partial charge in [-0.3, -0.25) is 4.79 Å². The second-order valence-electron chi connectivity index (χ2n) is 3.30. The minimum Gasteiger partial charge on any atom is -0.481 e. The Morgan fingerprint density at radius 3 is 3.15 bits per heavy atom. The van der Waals surface area contributed by atoms with Gasteiger partial charge >= 0.3 is 5.97 Å². The van der Waals surface area contributed by atoms with Crippen LogP contribution < -0.4 is 5.32 Å². The summed E-state index contributed by atoms with van der Waals surface area (Å²) < 4.78 is 0. The molecule has 0 amide bonds. The fourth-order valence-corrected chi connectivity index (χ4v) is 1.68. The molecule has 1 aromatic rings. The molecule has 0 saturated carbocycles. The topological polar surface area (TPSA) is 65.1 Å². The average Bonchev–Trinajstić information content (AvgIpc) is 2.44. The van der Waals surface area contributed by atoms with Crippen molar-refractivity contribution in [1.29, 1.82) is 0 Å². The zero-order valence-electron chi connectivity index (χ0n) is 7.26. The number of hydrogen-bond donors (Lipinski definition) is 3. The lowest BCUT2D eigenvalue weighted by Crippen LogP contribution is -2.22. The van der Waals surface area contributed by atoms with Gasteiger partial charge in [0.1, 0.15) is 0 Å². The summed E-state index contributed by atoms with van der Waals surface area (Å²) in [5, 5.41) is 11.8. The number of rotatable bonds is 2. The molecule has 4 nitrogen and oxygen atoms in total. The van der Waals surface area contributed by atoms with Crippen molar-refractivity contribution in [2.45, 2.75) is 19.4 Å². The number of fused-ring (bicyclic) bond motifs is 1. The highest BCUT2D eigenvalue weighted by molar-refractivity contribution is 5.69. The monoisotopic (exact) mass is 180 g/mol. The molecular formula is C9H12N2O2. The van der Waals surface area contributed by atoms with Crippen LogP contribution in [-0.4, -0.2) is 22.6 Å². The van der Waals surface area contributed by atoms with Crippen molar-refractivity contribution in [2.75, 3.05) is 6.54 Å². The van der Waals surface area contributed by atoms with Gasteiger partial charge in [-0.25, -0.2) is 0 Å². The molecule has 2 rings (SSSR count). The van der Waals surface area contributed by atoms with Crippen LogP contribution >= 0.6 is 0 Å². The number of carbonyl (C=O) groups is 1. The molecule has 3 N–H and O–H groups in total. The molecule has 0 radical (unpaired) electrons. The number of aliphatic carboxylic acids is 1. The van der Waals surface area contributed by atoms with E-state index in [4.69, 9.17) is 5.11 Å². The maximum Gasteiger partial charge on any atom is 0.309 e. The van der Waals surface area contributed by atoms with Crippen LogP contribution in [0.15, 0.2) is 6.07 Å². The van der Waals surface area contributed by atoms with E-state index in [2.05, 4.69) is 10.3 Å². The Bertz CT molecular complexity index is 307. The van der Waals surface area contributed by atoms with Gasteiger partial charge < -0.3 is 15.4 Å². The number of aromatic amines is 1. The van der Waals surface area contributed by atoms with Gasteiger partial charge in [0.05, 0.1) is 6.42 Å². The molecule has 0 saturated heterocycles. The van der Waals surface area contributed by atoms with Crippen LogP contribution in [0.25, 0.3) is 0 Å². The molecule has 0 bridgehead atoms. The Balaban J connectivity index is 2.20. The van der Waals surface area contributed by atoms with Crippen molar-refractivity contribution in [3.63, 3.8) is 0 Å². The molecule has 0 aromatic carbocycles. The third-order valence-corrected chi connectivity index (χ3v) is 2.26. The van der Waals surface area contributed by atoms with Crippen LogP contribution in [0.1, 0.15) is 17.0 Å². The molecule has 2 heterocycles. The summed E-state index contributed by atoms with van der Waals surface area (Å²) in [6, 6.07) is 1.96. The van der Waals surface area contributed by atoms with E-state index in [-0.39, 0.29) is 6.42 Å². The van der Waals surface area contributed by atoms with E-state index >= 15 is 0 Å². The van der Waals surface area contributed by atoms with E-state index < -0.39 is 5.97 Å². The lowest BCUT2D eigenvalue weighted by atomic mass is 10.1. The van der Waals surface area contributed by atoms with Crippen molar-refractivity contribution in [2.24, 2.45) is 0 Å². The fraction of sp³-hybridized carbons (Fsp3) is 0.444. The van der Waals surface area contributed by atoms with Crippen molar-refractivity contribution >= 4 is 5.97 Å². The summed E-state index contributed by atoms with van der Waals surface area (Å²) in [5.74, 6) is -0.786. The summed E-state index contributed by atoms with van der Waals surface area (Å²) in [6.07, 6.45) is 1.08. The Labute approximate surface area is 76.0 Å². The first kappa shape index (κ1) is 8.31. The van der Waals surface area contributed by atoms with Crippen molar-refractivity contribution in [3.8, 4) is 0 Å². The van der Waals surface area contributed by atoms with Gasteiger partial charge in [0.2, 0.25) is 0 Å². The molecular weight excluding hydrogens is 168 g/mol. The van der Waals surface area contributed by atoms with Gasteiger partial charge in [-0.05, 0) is 24.6 Å². The molecule has 1 aromatic heterocycles. The number of hydrogen-bond acceptors (Lipinski definition) is 2. The van der Waals surface area contributed by atoms with E-state index in [1.165, 1.54) is 5.56 Å². The number of aromatic nitrogens is 1. The van der Waals surface area contributed by atoms with Gasteiger partial charge in [0.25, 0.3) is 0 Å². The summed E-state index contributed by atoms with van der Waals surface area (Å²) in [5.41, 5.74) is 3.21. The molecule has 1 aliphatic heterocycles. The van der Waals surface area contributed by atoms with Crippen LogP contribution in [0, 0.1) is 0 Å². The van der Waals surface area contributed by atoms with Gasteiger partial charge in [0.15, 0.2) is 0 Å². The van der Waals surface area contributed by atoms with Gasteiger partial charge in [-0.2, -0.15) is 0 Å². The summed E-state index contributed by atoms with van der Waals surface area (Å²) >= 11 is 0. The minimum absolute atomic E-state index is 0.0903. The number of H-pyrrole nitrogens is 1. The molecule has 0 spiro atoms. The van der Waals surface area contributed by atoms with E-state index in [9.17, 15) is 4.79 Å². The first-order valence-corrected chi connectivity index (χ1v) is 4.38. The third kappa shape index (κ3) is 1.72. The molecule has 0 fully saturated rings. The standard InChI is InChI=1S/C9H12N2O2/c12-9(13)4-7-3-6-1-2-10-5-8(6)11-7/h3,10-11H,1-2,4-5H2,(H,12,13). The zero-order valence-corrected chi connectivity index (χ0v) is 7.26. The molecule has 70 valence electrons. The highest BCUT2D eigenvalue weighted by Crippen LogP contribution is 2.15. The molecule has 0 unspecified atom stereocenters. The van der Waals surface area contributed by atoms with Crippen molar-refractivity contribution in [3.05, 3.63) is 23.0 Å². The SMILES string of the molecule is O=C(O)Cc1cc2c([nH]1)CNCC2. The van der Waals surface area contributed by atoms with Crippen LogP contribution in [0.2, 0.25) is 0 Å². The first-order chi connectivity index (χ1) is 6.25. The van der Waals surface area contributed by atoms with Gasteiger partial charge in [0, 0.05) is 17.9 Å². The Morgan fingerprint density at radius 2 is 2.46 bits per heavy atom. The van der Waals surface area contributed by atoms with E-state index in [0.29, 0.717) is 0 Å². The Hall–Kier alpha value is -1.29. The van der Waals surface area contributed by atoms with Crippen molar-refractivity contribution < 1.29 is 9.90 Å². The minimum atomic E-state index is -0.786. The quantitative estimate of drug-likeness (QED) is 0.612. The predicted octanol–water partition coefficient (Wildman–Crippen LogP) is 0.287. The molecule has 0 atom stereocenters. The second kappa shape index (κ2) is 3.22. The van der Waals surface area contributed by atoms with Crippen LogP contribution in [-0.2, 0) is 24.2 Å². The highest BCUT2D eigenvalue weighted by Gasteiger charge is 2.12. The zero-order chi connectivity index (χ0) is 9.26. The summed E-state index contributed by atoms with van der Waals surface area (Å²) in [4.78, 5) is 13.6. The van der Waals surface area contributed by atoms with Gasteiger partial charge in [-0.15, -0.1) is 0 Å². The molecule has 4 heteroatoms. The third-order valence-electron chi connectivity index (χ3n) is 2.26. The smallest absolute Gasteiger partial charge is 0.309 e. The van der Waals surface area contributed by atoms with Crippen molar-refractivity contribution in [1.82, 2.24) is 10.3 Å². The van der Waals surface area contributed by atoms with Crippen LogP contribution in [0.4, 0.5) is 0 Å². The number of nitrogens with one attached hydrogen (secondary N) is 2. The van der Waals surface area contributed by atoms with Crippen LogP contribution in [0.3, 0.4) is 0 Å². The second-order valence-corrected chi connectivity index (χ2v) is 3.30.